The molecule has 0 radical (unpaired) electrons. The molecule has 46 heavy (non-hydrogen) atoms. The summed E-state index contributed by atoms with van der Waals surface area (Å²) >= 11 is 3.52. The third-order valence-electron chi connectivity index (χ3n) is 8.55. The highest BCUT2D eigenvalue weighted by molar-refractivity contribution is 9.10. The van der Waals surface area contributed by atoms with Gasteiger partial charge in [0.15, 0.2) is 0 Å². The van der Waals surface area contributed by atoms with Crippen LogP contribution in [0.3, 0.4) is 0 Å². The maximum atomic E-state index is 12.6. The third kappa shape index (κ3) is 6.94. The van der Waals surface area contributed by atoms with Crippen LogP contribution in [0.25, 0.3) is 11.0 Å². The third-order valence-corrected chi connectivity index (χ3v) is 10.3. The summed E-state index contributed by atoms with van der Waals surface area (Å²) in [7, 11) is 1.65. The molecule has 6 rings (SSSR count). The summed E-state index contributed by atoms with van der Waals surface area (Å²) in [5.74, 6) is 2.02. The van der Waals surface area contributed by atoms with Gasteiger partial charge >= 0.3 is 0 Å². The van der Waals surface area contributed by atoms with Crippen molar-refractivity contribution >= 4 is 71.6 Å². The van der Waals surface area contributed by atoms with Crippen LogP contribution in [0.15, 0.2) is 47.3 Å². The van der Waals surface area contributed by atoms with Gasteiger partial charge in [0, 0.05) is 70.9 Å². The van der Waals surface area contributed by atoms with Gasteiger partial charge in [0.2, 0.25) is 21.9 Å². The van der Waals surface area contributed by atoms with E-state index in [0.29, 0.717) is 56.3 Å². The Labute approximate surface area is 277 Å². The molecule has 0 amide bonds. The minimum absolute atomic E-state index is 0.296. The van der Waals surface area contributed by atoms with Crippen LogP contribution >= 0.6 is 15.9 Å². The molecule has 0 aliphatic carbocycles. The normalized spacial score (nSPS) is 16.8. The highest BCUT2D eigenvalue weighted by Gasteiger charge is 2.28. The Bertz CT molecular complexity index is 1810. The van der Waals surface area contributed by atoms with Gasteiger partial charge in [-0.3, -0.25) is 19.2 Å². The van der Waals surface area contributed by atoms with E-state index in [0.717, 1.165) is 64.2 Å². The summed E-state index contributed by atoms with van der Waals surface area (Å²) in [5, 5.41) is 6.47. The fourth-order valence-electron chi connectivity index (χ4n) is 5.88. The van der Waals surface area contributed by atoms with Crippen LogP contribution in [0, 0.1) is 0 Å². The molecule has 0 saturated carbocycles. The van der Waals surface area contributed by atoms with Crippen LogP contribution in [0.2, 0.25) is 0 Å². The van der Waals surface area contributed by atoms with Crippen molar-refractivity contribution in [1.82, 2.24) is 34.7 Å². The number of nitrogens with zero attached hydrogens (tertiary/aromatic N) is 9. The number of pyridine rings is 1. The number of rotatable bonds is 9. The zero-order valence-corrected chi connectivity index (χ0v) is 28.7. The molecule has 16 heteroatoms. The highest BCUT2D eigenvalue weighted by Crippen LogP contribution is 2.37. The first kappa shape index (κ1) is 32.1. The van der Waals surface area contributed by atoms with Crippen molar-refractivity contribution in [3.63, 3.8) is 0 Å². The lowest BCUT2D eigenvalue weighted by atomic mass is 10.0. The second-order valence-corrected chi connectivity index (χ2v) is 14.4. The van der Waals surface area contributed by atoms with Gasteiger partial charge in [0.1, 0.15) is 28.5 Å². The van der Waals surface area contributed by atoms with Gasteiger partial charge < -0.3 is 25.2 Å². The van der Waals surface area contributed by atoms with E-state index >= 15 is 0 Å². The van der Waals surface area contributed by atoms with Crippen molar-refractivity contribution < 1.29 is 13.2 Å². The monoisotopic (exact) mass is 711 g/mol. The molecule has 1 aromatic carbocycles. The zero-order valence-electron chi connectivity index (χ0n) is 26.3. The number of piperazine rings is 1. The molecule has 14 nitrogen and oxygen atoms in total. The predicted molar refractivity (Wildman–Crippen MR) is 184 cm³/mol. The van der Waals surface area contributed by atoms with Crippen molar-refractivity contribution in [1.29, 1.82) is 0 Å². The Balaban J connectivity index is 1.19. The number of fused-ring (bicyclic) bond motifs is 1. The fraction of sp³-hybridized carbons (Fsp3) is 0.433. The number of benzene rings is 1. The summed E-state index contributed by atoms with van der Waals surface area (Å²) in [4.78, 5) is 30.0. The average molecular weight is 713 g/mol. The maximum absolute atomic E-state index is 12.6. The number of likely N-dealkylation sites (N-methyl/N-ethyl adjacent to an activating group) is 1. The van der Waals surface area contributed by atoms with E-state index in [2.05, 4.69) is 68.2 Å². The van der Waals surface area contributed by atoms with E-state index in [-0.39, 0.29) is 0 Å². The van der Waals surface area contributed by atoms with Gasteiger partial charge in [-0.15, -0.1) is 0 Å². The Hall–Kier alpha value is -3.86. The maximum Gasteiger partial charge on any atom is 0.239 e. The molecular formula is C30H38BrN11O3S. The van der Waals surface area contributed by atoms with Gasteiger partial charge in [-0.25, -0.2) is 13.4 Å². The molecule has 2 N–H and O–H groups in total. The molecular weight excluding hydrogens is 674 g/mol. The number of hydrogen-bond acceptors (Lipinski definition) is 13. The zero-order chi connectivity index (χ0) is 32.4. The number of hydrogen-bond donors (Lipinski definition) is 2. The average Bonchev–Trinajstić information content (AvgIpc) is 3.06. The van der Waals surface area contributed by atoms with E-state index in [1.807, 2.05) is 12.1 Å². The second kappa shape index (κ2) is 13.5. The molecule has 0 spiro atoms. The smallest absolute Gasteiger partial charge is 0.239 e. The molecule has 2 fully saturated rings. The fourth-order valence-corrected chi connectivity index (χ4v) is 6.68. The number of aromatic nitrogens is 5. The second-order valence-electron chi connectivity index (χ2n) is 11.5. The summed E-state index contributed by atoms with van der Waals surface area (Å²) in [6.07, 6.45) is 8.06. The molecule has 2 aliphatic heterocycles. The molecule has 3 aromatic heterocycles. The van der Waals surface area contributed by atoms with Crippen LogP contribution in [0.5, 0.6) is 5.88 Å². The van der Waals surface area contributed by atoms with Crippen molar-refractivity contribution in [2.24, 2.45) is 0 Å². The molecule has 0 atom stereocenters. The largest absolute Gasteiger partial charge is 0.479 e. The topological polar surface area (TPSA) is 145 Å². The van der Waals surface area contributed by atoms with E-state index in [1.165, 1.54) is 17.5 Å². The van der Waals surface area contributed by atoms with Crippen molar-refractivity contribution in [2.75, 3.05) is 86.6 Å². The van der Waals surface area contributed by atoms with Crippen LogP contribution in [-0.2, 0) is 10.0 Å². The van der Waals surface area contributed by atoms with Gasteiger partial charge in [-0.05, 0) is 60.1 Å². The number of ether oxygens (including phenoxy) is 1. The van der Waals surface area contributed by atoms with Crippen LogP contribution in [0.4, 0.5) is 34.6 Å². The van der Waals surface area contributed by atoms with Crippen molar-refractivity contribution in [3.8, 4) is 5.88 Å². The number of anilines is 6. The molecule has 2 aliphatic rings. The number of halogens is 1. The predicted octanol–water partition coefficient (Wildman–Crippen LogP) is 3.69. The van der Waals surface area contributed by atoms with Crippen molar-refractivity contribution in [2.45, 2.75) is 18.9 Å². The number of methoxy groups -OCH3 is 1. The number of sulfonamides is 1. The van der Waals surface area contributed by atoms with E-state index < -0.39 is 10.0 Å². The first-order valence-electron chi connectivity index (χ1n) is 15.1. The van der Waals surface area contributed by atoms with E-state index in [4.69, 9.17) is 9.72 Å². The molecule has 0 unspecified atom stereocenters. The van der Waals surface area contributed by atoms with E-state index in [1.54, 1.807) is 31.6 Å². The number of piperidine rings is 1. The van der Waals surface area contributed by atoms with Crippen LogP contribution < -0.4 is 24.6 Å². The Kier molecular flexibility index (Phi) is 9.40. The van der Waals surface area contributed by atoms with Crippen molar-refractivity contribution in [3.05, 3.63) is 47.3 Å². The lowest BCUT2D eigenvalue weighted by Gasteiger charge is -2.42. The SMILES string of the molecule is COc1nc(N2CCC(N3CCN(C)CC3)CC2)ccc1Nc1ncc(Br)c(Nc2ccc3nccnc3c2N(C)S(C)(=O)=O)n1. The lowest BCUT2D eigenvalue weighted by Crippen LogP contribution is -2.52. The van der Waals surface area contributed by atoms with Gasteiger partial charge in [-0.2, -0.15) is 9.97 Å². The summed E-state index contributed by atoms with van der Waals surface area (Å²) < 4.78 is 32.5. The minimum atomic E-state index is -3.61. The molecule has 0 bridgehead atoms. The van der Waals surface area contributed by atoms with Crippen LogP contribution in [-0.4, -0.2) is 116 Å². The lowest BCUT2D eigenvalue weighted by molar-refractivity contribution is 0.0981. The van der Waals surface area contributed by atoms with Gasteiger partial charge in [0.25, 0.3) is 0 Å². The number of nitrogens with one attached hydrogen (secondary N) is 2. The molecule has 244 valence electrons. The first-order chi connectivity index (χ1) is 22.1. The summed E-state index contributed by atoms with van der Waals surface area (Å²) in [5.41, 5.74) is 2.44. The quantitative estimate of drug-likeness (QED) is 0.261. The van der Waals surface area contributed by atoms with Gasteiger partial charge in [-0.1, -0.05) is 0 Å². The Morgan fingerprint density at radius 1 is 0.935 bits per heavy atom. The van der Waals surface area contributed by atoms with Gasteiger partial charge in [0.05, 0.1) is 29.0 Å². The highest BCUT2D eigenvalue weighted by atomic mass is 79.9. The van der Waals surface area contributed by atoms with Crippen LogP contribution in [0.1, 0.15) is 12.8 Å². The Morgan fingerprint density at radius 3 is 2.37 bits per heavy atom. The molecule has 5 heterocycles. The standard InChI is InChI=1S/C30H38BrN11O3S/c1-39-15-17-41(18-16-39)20-9-13-42(14-10-20)25-8-7-24(29(37-25)45-3)36-30-34-19-21(31)28(38-30)35-23-6-5-22-26(33-12-11-32-22)27(23)40(2)46(4,43)44/h5-8,11-12,19-20H,9-10,13-18H2,1-4H3,(H2,34,35,36,38). The summed E-state index contributed by atoms with van der Waals surface area (Å²) in [6.45, 7) is 6.43. The van der Waals surface area contributed by atoms with E-state index in [9.17, 15) is 8.42 Å². The first-order valence-corrected chi connectivity index (χ1v) is 17.7. The molecule has 4 aromatic rings. The minimum Gasteiger partial charge on any atom is -0.479 e. The summed E-state index contributed by atoms with van der Waals surface area (Å²) in [6, 6.07) is 8.05. The Morgan fingerprint density at radius 2 is 1.65 bits per heavy atom. The molecule has 2 saturated heterocycles.